The summed E-state index contributed by atoms with van der Waals surface area (Å²) in [6.07, 6.45) is 0.212. The summed E-state index contributed by atoms with van der Waals surface area (Å²) in [6, 6.07) is 0. The van der Waals surface area contributed by atoms with Crippen molar-refractivity contribution in [3.63, 3.8) is 0 Å². The average molecular weight is 236 g/mol. The van der Waals surface area contributed by atoms with Crippen molar-refractivity contribution in [2.75, 3.05) is 14.2 Å². The molecule has 2 unspecified atom stereocenters. The second kappa shape index (κ2) is 4.18. The number of hydrogen-bond acceptors (Lipinski definition) is 6. The summed E-state index contributed by atoms with van der Waals surface area (Å²) >= 11 is 0. The summed E-state index contributed by atoms with van der Waals surface area (Å²) in [5, 5.41) is -2.46. The van der Waals surface area contributed by atoms with Gasteiger partial charge in [0.25, 0.3) is 0 Å². The van der Waals surface area contributed by atoms with Crippen LogP contribution in [0.15, 0.2) is 0 Å². The molecule has 0 N–H and O–H groups in total. The molecule has 15 heavy (non-hydrogen) atoms. The van der Waals surface area contributed by atoms with Gasteiger partial charge in [-0.1, -0.05) is 0 Å². The lowest BCUT2D eigenvalue weighted by molar-refractivity contribution is -0.141. The maximum Gasteiger partial charge on any atom is 0.324 e. The minimum Gasteiger partial charge on any atom is -0.468 e. The van der Waals surface area contributed by atoms with Gasteiger partial charge in [-0.25, -0.2) is 8.42 Å². The van der Waals surface area contributed by atoms with E-state index >= 15 is 0 Å². The van der Waals surface area contributed by atoms with Crippen molar-refractivity contribution < 1.29 is 27.5 Å². The molecule has 0 radical (unpaired) electrons. The molecule has 1 saturated heterocycles. The fourth-order valence-corrected chi connectivity index (χ4v) is 3.65. The lowest BCUT2D eigenvalue weighted by atomic mass is 10.2. The summed E-state index contributed by atoms with van der Waals surface area (Å²) in [4.78, 5) is 22.3. The van der Waals surface area contributed by atoms with Crippen LogP contribution >= 0.6 is 0 Å². The highest BCUT2D eigenvalue weighted by Gasteiger charge is 2.49. The molecule has 6 nitrogen and oxygen atoms in total. The lowest BCUT2D eigenvalue weighted by Crippen LogP contribution is -2.35. The molecule has 1 rings (SSSR count). The molecule has 1 aliphatic rings. The maximum atomic E-state index is 11.7. The van der Waals surface area contributed by atoms with Gasteiger partial charge in [0.05, 0.1) is 14.2 Å². The lowest BCUT2D eigenvalue weighted by Gasteiger charge is -2.09. The van der Waals surface area contributed by atoms with Crippen LogP contribution in [0.25, 0.3) is 0 Å². The third kappa shape index (κ3) is 1.97. The van der Waals surface area contributed by atoms with Crippen molar-refractivity contribution in [1.29, 1.82) is 0 Å². The van der Waals surface area contributed by atoms with Crippen molar-refractivity contribution in [2.24, 2.45) is 0 Å². The van der Waals surface area contributed by atoms with E-state index < -0.39 is 32.3 Å². The fraction of sp³-hybridized carbons (Fsp3) is 0.750. The van der Waals surface area contributed by atoms with Crippen LogP contribution in [0.5, 0.6) is 0 Å². The van der Waals surface area contributed by atoms with Gasteiger partial charge >= 0.3 is 11.9 Å². The monoisotopic (exact) mass is 236 g/mol. The SMILES string of the molecule is COC(=O)C1CCC(C(=O)OC)S1(=O)=O. The van der Waals surface area contributed by atoms with E-state index in [1.807, 2.05) is 0 Å². The largest absolute Gasteiger partial charge is 0.468 e. The van der Waals surface area contributed by atoms with E-state index in [4.69, 9.17) is 0 Å². The molecular weight excluding hydrogens is 224 g/mol. The van der Waals surface area contributed by atoms with E-state index in [0.717, 1.165) is 14.2 Å². The minimum absolute atomic E-state index is 0.106. The van der Waals surface area contributed by atoms with E-state index in [0.29, 0.717) is 0 Å². The first kappa shape index (κ1) is 12.0. The van der Waals surface area contributed by atoms with Gasteiger partial charge in [0.2, 0.25) is 0 Å². The molecule has 1 heterocycles. The smallest absolute Gasteiger partial charge is 0.324 e. The number of carbonyl (C=O) groups excluding carboxylic acids is 2. The number of rotatable bonds is 2. The second-order valence-corrected chi connectivity index (χ2v) is 5.51. The Kier molecular flexibility index (Phi) is 3.33. The normalized spacial score (nSPS) is 28.4. The Morgan fingerprint density at radius 1 is 1.00 bits per heavy atom. The predicted octanol–water partition coefficient (Wildman–Crippen LogP) is -0.722. The van der Waals surface area contributed by atoms with Crippen molar-refractivity contribution in [3.8, 4) is 0 Å². The van der Waals surface area contributed by atoms with Crippen LogP contribution in [0.1, 0.15) is 12.8 Å². The molecule has 0 bridgehead atoms. The van der Waals surface area contributed by atoms with Crippen molar-refractivity contribution in [3.05, 3.63) is 0 Å². The molecule has 0 spiro atoms. The highest BCUT2D eigenvalue weighted by Crippen LogP contribution is 2.28. The Morgan fingerprint density at radius 2 is 1.33 bits per heavy atom. The van der Waals surface area contributed by atoms with E-state index in [-0.39, 0.29) is 12.8 Å². The van der Waals surface area contributed by atoms with Crippen LogP contribution in [0.4, 0.5) is 0 Å². The van der Waals surface area contributed by atoms with Crippen molar-refractivity contribution in [1.82, 2.24) is 0 Å². The van der Waals surface area contributed by atoms with Crippen LogP contribution in [0.2, 0.25) is 0 Å². The molecule has 0 saturated carbocycles. The van der Waals surface area contributed by atoms with Crippen LogP contribution in [-0.4, -0.2) is 45.1 Å². The zero-order valence-corrected chi connectivity index (χ0v) is 9.24. The second-order valence-electron chi connectivity index (χ2n) is 3.19. The van der Waals surface area contributed by atoms with Crippen LogP contribution in [-0.2, 0) is 28.9 Å². The third-order valence-electron chi connectivity index (χ3n) is 2.41. The molecule has 0 aromatic heterocycles. The van der Waals surface area contributed by atoms with Gasteiger partial charge in [0.15, 0.2) is 20.3 Å². The predicted molar refractivity (Wildman–Crippen MR) is 49.8 cm³/mol. The van der Waals surface area contributed by atoms with Gasteiger partial charge in [-0.05, 0) is 12.8 Å². The molecule has 0 aromatic rings. The van der Waals surface area contributed by atoms with E-state index in [2.05, 4.69) is 9.47 Å². The first-order valence-corrected chi connectivity index (χ1v) is 5.94. The van der Waals surface area contributed by atoms with Crippen LogP contribution < -0.4 is 0 Å². The topological polar surface area (TPSA) is 86.7 Å². The molecular formula is C8H12O6S. The zero-order chi connectivity index (χ0) is 11.6. The first-order valence-electron chi connectivity index (χ1n) is 4.33. The van der Waals surface area contributed by atoms with E-state index in [1.165, 1.54) is 0 Å². The maximum absolute atomic E-state index is 11.7. The molecule has 1 aliphatic heterocycles. The Bertz CT molecular complexity index is 341. The Labute approximate surface area is 87.5 Å². The number of methoxy groups -OCH3 is 2. The Hall–Kier alpha value is -1.11. The van der Waals surface area contributed by atoms with Crippen LogP contribution in [0, 0.1) is 0 Å². The highest BCUT2D eigenvalue weighted by molar-refractivity contribution is 7.94. The zero-order valence-electron chi connectivity index (χ0n) is 8.43. The molecule has 1 fully saturated rings. The fourth-order valence-electron chi connectivity index (χ4n) is 1.60. The highest BCUT2D eigenvalue weighted by atomic mass is 32.2. The summed E-state index contributed by atoms with van der Waals surface area (Å²) in [5.74, 6) is -1.64. The molecule has 7 heteroatoms. The van der Waals surface area contributed by atoms with Gasteiger partial charge in [0.1, 0.15) is 0 Å². The van der Waals surface area contributed by atoms with Gasteiger partial charge in [-0.2, -0.15) is 0 Å². The average Bonchev–Trinajstić information content (AvgIpc) is 2.51. The van der Waals surface area contributed by atoms with Gasteiger partial charge in [0, 0.05) is 0 Å². The third-order valence-corrected chi connectivity index (χ3v) is 4.85. The number of ether oxygens (including phenoxy) is 2. The minimum atomic E-state index is -3.80. The number of sulfone groups is 1. The molecule has 0 aromatic carbocycles. The molecule has 0 amide bonds. The Morgan fingerprint density at radius 3 is 1.60 bits per heavy atom. The molecule has 0 aliphatic carbocycles. The Balaban J connectivity index is 2.95. The van der Waals surface area contributed by atoms with E-state index in [1.54, 1.807) is 0 Å². The molecule has 2 atom stereocenters. The van der Waals surface area contributed by atoms with Crippen molar-refractivity contribution >= 4 is 21.8 Å². The molecule has 86 valence electrons. The van der Waals surface area contributed by atoms with Gasteiger partial charge < -0.3 is 9.47 Å². The summed E-state index contributed by atoms with van der Waals surface area (Å²) < 4.78 is 32.1. The first-order chi connectivity index (χ1) is 6.95. The number of carbonyl (C=O) groups is 2. The summed E-state index contributed by atoms with van der Waals surface area (Å²) in [7, 11) is -1.57. The quantitative estimate of drug-likeness (QED) is 0.588. The summed E-state index contributed by atoms with van der Waals surface area (Å²) in [5.41, 5.74) is 0. The van der Waals surface area contributed by atoms with Crippen LogP contribution in [0.3, 0.4) is 0 Å². The van der Waals surface area contributed by atoms with E-state index in [9.17, 15) is 18.0 Å². The number of esters is 2. The standard InChI is InChI=1S/C8H12O6S/c1-13-7(9)5-3-4-6(8(10)14-2)15(5,11)12/h5-6H,3-4H2,1-2H3. The number of hydrogen-bond donors (Lipinski definition) is 0. The van der Waals surface area contributed by atoms with Gasteiger partial charge in [-0.15, -0.1) is 0 Å². The summed E-state index contributed by atoms with van der Waals surface area (Å²) in [6.45, 7) is 0. The van der Waals surface area contributed by atoms with Gasteiger partial charge in [-0.3, -0.25) is 9.59 Å². The van der Waals surface area contributed by atoms with Crippen molar-refractivity contribution in [2.45, 2.75) is 23.3 Å².